The molecule has 2 aromatic heterocycles. The molecule has 0 saturated carbocycles. The van der Waals surface area contributed by atoms with E-state index in [4.69, 9.17) is 10.5 Å². The molecule has 0 spiro atoms. The molecular weight excluding hydrogens is 434 g/mol. The van der Waals surface area contributed by atoms with Gasteiger partial charge < -0.3 is 15.8 Å². The lowest BCUT2D eigenvalue weighted by molar-refractivity contribution is -0.113. The number of rotatable bonds is 8. The number of carbonyl (C=O) groups is 2. The predicted molar refractivity (Wildman–Crippen MR) is 115 cm³/mol. The van der Waals surface area contributed by atoms with E-state index in [0.717, 1.165) is 11.8 Å². The zero-order chi connectivity index (χ0) is 22.5. The Morgan fingerprint density at radius 3 is 2.62 bits per heavy atom. The Morgan fingerprint density at radius 2 is 1.88 bits per heavy atom. The number of ether oxygens (including phenoxy) is 1. The molecule has 0 aliphatic heterocycles. The molecule has 162 valence electrons. The smallest absolute Gasteiger partial charge is 0.273 e. The minimum absolute atomic E-state index is 0.0284. The van der Waals surface area contributed by atoms with Crippen molar-refractivity contribution < 1.29 is 14.3 Å². The number of aromatic nitrogens is 7. The van der Waals surface area contributed by atoms with Crippen LogP contribution in [0.1, 0.15) is 10.5 Å². The van der Waals surface area contributed by atoms with Crippen LogP contribution < -0.4 is 15.8 Å². The third-order valence-electron chi connectivity index (χ3n) is 4.16. The number of para-hydroxylation sites is 1. The number of carbonyl (C=O) groups excluding carboxylic acids is 2. The van der Waals surface area contributed by atoms with Gasteiger partial charge in [0, 0.05) is 6.07 Å². The zero-order valence-corrected chi connectivity index (χ0v) is 17.6. The Morgan fingerprint density at radius 1 is 1.09 bits per heavy atom. The molecule has 0 aliphatic rings. The molecule has 4 aromatic rings. The van der Waals surface area contributed by atoms with Gasteiger partial charge in [0.1, 0.15) is 5.75 Å². The third-order valence-corrected chi connectivity index (χ3v) is 5.08. The van der Waals surface area contributed by atoms with Crippen molar-refractivity contribution in [2.45, 2.75) is 5.16 Å². The zero-order valence-electron chi connectivity index (χ0n) is 16.7. The summed E-state index contributed by atoms with van der Waals surface area (Å²) in [6, 6.07) is 16.1. The summed E-state index contributed by atoms with van der Waals surface area (Å²) in [6.45, 7) is 0. The first kappa shape index (κ1) is 21.0. The maximum absolute atomic E-state index is 12.5. The van der Waals surface area contributed by atoms with Gasteiger partial charge in [0.05, 0.1) is 24.2 Å². The highest BCUT2D eigenvalue weighted by atomic mass is 32.2. The lowest BCUT2D eigenvalue weighted by Crippen LogP contribution is -2.19. The Balaban J connectivity index is 1.47. The molecule has 0 unspecified atom stereocenters. The van der Waals surface area contributed by atoms with Crippen LogP contribution in [0.2, 0.25) is 0 Å². The third kappa shape index (κ3) is 4.57. The van der Waals surface area contributed by atoms with Gasteiger partial charge in [-0.15, -0.1) is 20.1 Å². The van der Waals surface area contributed by atoms with Crippen LogP contribution >= 0.6 is 11.8 Å². The molecule has 0 radical (unpaired) electrons. The number of benzene rings is 2. The summed E-state index contributed by atoms with van der Waals surface area (Å²) in [4.78, 5) is 25.5. The molecule has 2 amide bonds. The number of anilines is 1. The summed E-state index contributed by atoms with van der Waals surface area (Å²) in [5.41, 5.74) is 6.54. The fourth-order valence-corrected chi connectivity index (χ4v) is 3.40. The van der Waals surface area contributed by atoms with Gasteiger partial charge in [0.25, 0.3) is 5.91 Å². The van der Waals surface area contributed by atoms with Crippen LogP contribution in [0, 0.1) is 0 Å². The van der Waals surface area contributed by atoms with Crippen LogP contribution in [0.3, 0.4) is 0 Å². The molecule has 12 nitrogen and oxygen atoms in total. The molecule has 0 bridgehead atoms. The first-order chi connectivity index (χ1) is 15.5. The quantitative estimate of drug-likeness (QED) is 0.374. The number of hydrogen-bond acceptors (Lipinski definition) is 9. The average molecular weight is 451 g/mol. The second-order valence-corrected chi connectivity index (χ2v) is 7.24. The molecule has 2 heterocycles. The second-order valence-electron chi connectivity index (χ2n) is 6.30. The number of primary amides is 1. The van der Waals surface area contributed by atoms with Crippen molar-refractivity contribution in [2.75, 3.05) is 18.2 Å². The van der Waals surface area contributed by atoms with Gasteiger partial charge in [-0.3, -0.25) is 9.59 Å². The topological polar surface area (TPSA) is 156 Å². The number of amides is 2. The van der Waals surface area contributed by atoms with Crippen LogP contribution in [0.15, 0.2) is 59.8 Å². The van der Waals surface area contributed by atoms with Crippen LogP contribution in [0.25, 0.3) is 11.4 Å². The summed E-state index contributed by atoms with van der Waals surface area (Å²) in [6.07, 6.45) is 0. The second kappa shape index (κ2) is 9.26. The Hall–Kier alpha value is -4.26. The van der Waals surface area contributed by atoms with Crippen molar-refractivity contribution in [3.05, 3.63) is 60.3 Å². The summed E-state index contributed by atoms with van der Waals surface area (Å²) >= 11 is 1.11. The minimum atomic E-state index is -0.808. The van der Waals surface area contributed by atoms with Crippen molar-refractivity contribution in [3.8, 4) is 17.1 Å². The number of tetrazole rings is 1. The van der Waals surface area contributed by atoms with Gasteiger partial charge in [0.15, 0.2) is 11.5 Å². The Kier molecular flexibility index (Phi) is 6.07. The lowest BCUT2D eigenvalue weighted by Gasteiger charge is -2.06. The highest BCUT2D eigenvalue weighted by molar-refractivity contribution is 7.99. The fraction of sp³-hybridized carbons (Fsp3) is 0.105. The van der Waals surface area contributed by atoms with E-state index >= 15 is 0 Å². The monoisotopic (exact) mass is 451 g/mol. The van der Waals surface area contributed by atoms with Crippen molar-refractivity contribution in [3.63, 3.8) is 0 Å². The maximum Gasteiger partial charge on any atom is 0.273 e. The van der Waals surface area contributed by atoms with Gasteiger partial charge in [0.2, 0.25) is 11.1 Å². The number of nitrogens with zero attached hydrogens (tertiary/aromatic N) is 7. The van der Waals surface area contributed by atoms with Gasteiger partial charge in [-0.2, -0.15) is 4.68 Å². The Labute approximate surface area is 185 Å². The minimum Gasteiger partial charge on any atom is -0.497 e. The number of methoxy groups -OCH3 is 1. The largest absolute Gasteiger partial charge is 0.497 e. The van der Waals surface area contributed by atoms with E-state index in [1.165, 1.54) is 9.48 Å². The van der Waals surface area contributed by atoms with E-state index in [9.17, 15) is 9.59 Å². The number of hydrogen-bond donors (Lipinski definition) is 2. The summed E-state index contributed by atoms with van der Waals surface area (Å²) < 4.78 is 6.70. The van der Waals surface area contributed by atoms with Crippen LogP contribution in [0.5, 0.6) is 5.75 Å². The van der Waals surface area contributed by atoms with E-state index in [1.807, 2.05) is 12.1 Å². The number of nitrogens with two attached hydrogens (primary N) is 1. The summed E-state index contributed by atoms with van der Waals surface area (Å²) in [5, 5.41) is 22.8. The Bertz CT molecular complexity index is 1260. The molecule has 0 fully saturated rings. The van der Waals surface area contributed by atoms with Gasteiger partial charge >= 0.3 is 0 Å². The molecule has 0 aliphatic carbocycles. The first-order valence-corrected chi connectivity index (χ1v) is 10.2. The molecule has 2 aromatic carbocycles. The van der Waals surface area contributed by atoms with Gasteiger partial charge in [-0.25, -0.2) is 0 Å². The average Bonchev–Trinajstić information content (AvgIpc) is 3.45. The molecule has 4 rings (SSSR count). The van der Waals surface area contributed by atoms with Gasteiger partial charge in [-0.1, -0.05) is 36.0 Å². The maximum atomic E-state index is 12.5. The normalized spacial score (nSPS) is 10.7. The first-order valence-electron chi connectivity index (χ1n) is 9.23. The van der Waals surface area contributed by atoms with Crippen LogP contribution in [0.4, 0.5) is 5.82 Å². The van der Waals surface area contributed by atoms with E-state index in [1.54, 1.807) is 49.6 Å². The van der Waals surface area contributed by atoms with Gasteiger partial charge in [-0.05, 0) is 34.7 Å². The summed E-state index contributed by atoms with van der Waals surface area (Å²) in [5.74, 6) is -0.665. The molecule has 0 saturated heterocycles. The molecule has 0 atom stereocenters. The van der Waals surface area contributed by atoms with E-state index < -0.39 is 11.8 Å². The molecular formula is C19H17N9O3S. The molecule has 13 heteroatoms. The fourth-order valence-electron chi connectivity index (χ4n) is 2.70. The number of nitrogens with one attached hydrogen (secondary N) is 1. The van der Waals surface area contributed by atoms with Crippen molar-refractivity contribution in [1.82, 2.24) is 35.2 Å². The van der Waals surface area contributed by atoms with Crippen LogP contribution in [-0.2, 0) is 4.79 Å². The number of thioether (sulfide) groups is 1. The van der Waals surface area contributed by atoms with Crippen molar-refractivity contribution in [2.24, 2.45) is 5.73 Å². The highest BCUT2D eigenvalue weighted by Gasteiger charge is 2.20. The van der Waals surface area contributed by atoms with Crippen LogP contribution in [-0.4, -0.2) is 59.9 Å². The molecule has 32 heavy (non-hydrogen) atoms. The van der Waals surface area contributed by atoms with E-state index in [-0.39, 0.29) is 17.3 Å². The lowest BCUT2D eigenvalue weighted by atomic mass is 10.3. The van der Waals surface area contributed by atoms with Crippen molar-refractivity contribution in [1.29, 1.82) is 0 Å². The molecule has 3 N–H and O–H groups in total. The SMILES string of the molecule is COc1cccc(-n2nnnc2SCC(=O)Nc2nn(-c3ccccc3)nc2C(N)=O)c1. The van der Waals surface area contributed by atoms with E-state index in [2.05, 4.69) is 31.0 Å². The van der Waals surface area contributed by atoms with E-state index in [0.29, 0.717) is 22.3 Å². The standard InChI is InChI=1S/C19H17N9O3S/c1-31-14-9-5-8-13(10-14)27-19(22-25-26-27)32-11-15(29)21-18-16(17(20)30)23-28(24-18)12-6-3-2-4-7-12/h2-10H,11H2,1H3,(H2,20,30)(H,21,24,29). The summed E-state index contributed by atoms with van der Waals surface area (Å²) in [7, 11) is 1.56. The van der Waals surface area contributed by atoms with Crippen molar-refractivity contribution >= 4 is 29.4 Å². The highest BCUT2D eigenvalue weighted by Crippen LogP contribution is 2.22. The predicted octanol–water partition coefficient (Wildman–Crippen LogP) is 1.08.